The van der Waals surface area contributed by atoms with Crippen molar-refractivity contribution in [1.82, 2.24) is 25.9 Å². The Kier molecular flexibility index (Phi) is 7.48. The summed E-state index contributed by atoms with van der Waals surface area (Å²) in [5.41, 5.74) is 7.60. The summed E-state index contributed by atoms with van der Waals surface area (Å²) in [6.45, 7) is 4.55. The number of rotatable bonds is 5. The van der Waals surface area contributed by atoms with Gasteiger partial charge in [-0.2, -0.15) is 18.3 Å². The van der Waals surface area contributed by atoms with Gasteiger partial charge in [0.15, 0.2) is 16.8 Å². The van der Waals surface area contributed by atoms with Crippen LogP contribution in [0.5, 0.6) is 0 Å². The molecule has 1 aliphatic rings. The van der Waals surface area contributed by atoms with Gasteiger partial charge in [0, 0.05) is 19.0 Å². The Morgan fingerprint density at radius 1 is 1.14 bits per heavy atom. The average Bonchev–Trinajstić information content (AvgIpc) is 3.30. The topological polar surface area (TPSA) is 83.0 Å². The van der Waals surface area contributed by atoms with E-state index in [1.165, 1.54) is 6.07 Å². The minimum Gasteiger partial charge on any atom is -0.363 e. The third-order valence-electron chi connectivity index (χ3n) is 6.01. The zero-order valence-corrected chi connectivity index (χ0v) is 20.6. The van der Waals surface area contributed by atoms with Crippen LogP contribution in [0.4, 0.5) is 19.0 Å². The number of hydrogen-bond donors (Lipinski definition) is 4. The zero-order valence-electron chi connectivity index (χ0n) is 19.8. The number of carbonyl (C=O) groups is 1. The van der Waals surface area contributed by atoms with Crippen LogP contribution >= 0.6 is 12.2 Å². The van der Waals surface area contributed by atoms with E-state index in [1.54, 1.807) is 0 Å². The van der Waals surface area contributed by atoms with Crippen molar-refractivity contribution in [1.29, 1.82) is 0 Å². The van der Waals surface area contributed by atoms with E-state index in [2.05, 4.69) is 40.4 Å². The van der Waals surface area contributed by atoms with E-state index >= 15 is 0 Å². The van der Waals surface area contributed by atoms with E-state index in [0.717, 1.165) is 21.4 Å². The van der Waals surface area contributed by atoms with E-state index < -0.39 is 24.2 Å². The second-order valence-electron chi connectivity index (χ2n) is 8.92. The summed E-state index contributed by atoms with van der Waals surface area (Å²) in [5, 5.41) is 10.2. The maximum absolute atomic E-state index is 13.9. The number of benzene rings is 2. The fraction of sp³-hybridized carbons (Fsp3) is 0.320. The number of amides is 1. The molecule has 0 saturated carbocycles. The number of nitrogens with one attached hydrogen (secondary N) is 4. The van der Waals surface area contributed by atoms with Gasteiger partial charge in [0.25, 0.3) is 5.91 Å². The van der Waals surface area contributed by atoms with Gasteiger partial charge in [-0.05, 0) is 34.8 Å². The normalized spacial score (nSPS) is 17.2. The fourth-order valence-electron chi connectivity index (χ4n) is 4.02. The van der Waals surface area contributed by atoms with Crippen LogP contribution in [0.25, 0.3) is 0 Å². The Morgan fingerprint density at radius 2 is 1.83 bits per heavy atom. The molecular formula is C25H27F3N6OS. The van der Waals surface area contributed by atoms with Crippen LogP contribution in [0.3, 0.4) is 0 Å². The molecule has 4 N–H and O–H groups in total. The first kappa shape index (κ1) is 25.5. The van der Waals surface area contributed by atoms with Gasteiger partial charge in [-0.3, -0.25) is 15.6 Å². The van der Waals surface area contributed by atoms with Crippen molar-refractivity contribution in [2.75, 3.05) is 5.32 Å². The first-order valence-corrected chi connectivity index (χ1v) is 11.9. The third kappa shape index (κ3) is 5.96. The highest BCUT2D eigenvalue weighted by atomic mass is 32.1. The highest BCUT2D eigenvalue weighted by Gasteiger charge is 2.46. The minimum absolute atomic E-state index is 0.122. The number of thiocarbonyl (C=S) groups is 1. The van der Waals surface area contributed by atoms with Gasteiger partial charge in [-0.1, -0.05) is 68.4 Å². The number of aromatic nitrogens is 2. The standard InChI is InChI=1S/C25H27F3N6OS/c1-15(2)17-8-10-18(11-9-17)19-12-21(25(26,27)28)34-22(30-19)13-20(33-34)23(35)31-32-24(36)29-14-16-6-4-3-5-7-16/h3-11,13,15,19,21,30H,12,14H2,1-2H3,(H,31,35)(H2,29,32,36)/t19-,21-/m0/s1. The monoisotopic (exact) mass is 516 g/mol. The largest absolute Gasteiger partial charge is 0.410 e. The predicted molar refractivity (Wildman–Crippen MR) is 135 cm³/mol. The lowest BCUT2D eigenvalue weighted by Crippen LogP contribution is -2.46. The van der Waals surface area contributed by atoms with Gasteiger partial charge in [-0.15, -0.1) is 0 Å². The molecule has 1 aliphatic heterocycles. The lowest BCUT2D eigenvalue weighted by molar-refractivity contribution is -0.173. The van der Waals surface area contributed by atoms with Crippen LogP contribution in [0.15, 0.2) is 60.7 Å². The molecule has 7 nitrogen and oxygen atoms in total. The lowest BCUT2D eigenvalue weighted by Gasteiger charge is -2.33. The molecular weight excluding hydrogens is 489 g/mol. The number of anilines is 1. The summed E-state index contributed by atoms with van der Waals surface area (Å²) in [5.74, 6) is -0.267. The molecule has 0 spiro atoms. The van der Waals surface area contributed by atoms with Crippen LogP contribution in [-0.4, -0.2) is 27.0 Å². The fourth-order valence-corrected chi connectivity index (χ4v) is 4.14. The van der Waals surface area contributed by atoms with Gasteiger partial charge in [0.2, 0.25) is 0 Å². The SMILES string of the molecule is CC(C)c1ccc([C@@H]2C[C@@H](C(F)(F)F)n3nc(C(=O)NNC(=S)NCc4ccccc4)cc3N2)cc1. The van der Waals surface area contributed by atoms with Crippen molar-refractivity contribution >= 4 is 29.1 Å². The molecule has 0 unspecified atom stereocenters. The summed E-state index contributed by atoms with van der Waals surface area (Å²) in [6.07, 6.45) is -4.78. The van der Waals surface area contributed by atoms with Crippen molar-refractivity contribution < 1.29 is 18.0 Å². The first-order valence-electron chi connectivity index (χ1n) is 11.5. The predicted octanol–water partition coefficient (Wildman–Crippen LogP) is 4.98. The highest BCUT2D eigenvalue weighted by molar-refractivity contribution is 7.80. The van der Waals surface area contributed by atoms with E-state index in [0.29, 0.717) is 12.5 Å². The molecule has 2 atom stereocenters. The maximum Gasteiger partial charge on any atom is 0.410 e. The molecule has 0 fully saturated rings. The Morgan fingerprint density at radius 3 is 2.47 bits per heavy atom. The second-order valence-corrected chi connectivity index (χ2v) is 9.33. The molecule has 0 aliphatic carbocycles. The molecule has 2 aromatic carbocycles. The number of alkyl halides is 3. The molecule has 0 bridgehead atoms. The number of carbonyl (C=O) groups excluding carboxylic acids is 1. The smallest absolute Gasteiger partial charge is 0.363 e. The van der Waals surface area contributed by atoms with Crippen LogP contribution in [0.2, 0.25) is 0 Å². The Hall–Kier alpha value is -3.60. The molecule has 1 aromatic heterocycles. The summed E-state index contributed by atoms with van der Waals surface area (Å²) in [6, 6.07) is 15.9. The number of halogens is 3. The molecule has 36 heavy (non-hydrogen) atoms. The number of nitrogens with zero attached hydrogens (tertiary/aromatic N) is 2. The lowest BCUT2D eigenvalue weighted by atomic mass is 9.94. The first-order chi connectivity index (χ1) is 17.1. The Labute approximate surface area is 212 Å². The van der Waals surface area contributed by atoms with E-state index in [9.17, 15) is 18.0 Å². The Balaban J connectivity index is 1.44. The van der Waals surface area contributed by atoms with Crippen LogP contribution in [0, 0.1) is 0 Å². The van der Waals surface area contributed by atoms with E-state index in [-0.39, 0.29) is 23.0 Å². The van der Waals surface area contributed by atoms with E-state index in [4.69, 9.17) is 12.2 Å². The number of hydrazine groups is 1. The highest BCUT2D eigenvalue weighted by Crippen LogP contribution is 2.43. The van der Waals surface area contributed by atoms with Crippen molar-refractivity contribution in [2.24, 2.45) is 0 Å². The van der Waals surface area contributed by atoms with Gasteiger partial charge >= 0.3 is 6.18 Å². The molecule has 0 saturated heterocycles. The van der Waals surface area contributed by atoms with Gasteiger partial charge < -0.3 is 10.6 Å². The van der Waals surface area contributed by atoms with Gasteiger partial charge in [0.1, 0.15) is 5.82 Å². The molecule has 11 heteroatoms. The van der Waals surface area contributed by atoms with Crippen LogP contribution in [-0.2, 0) is 6.54 Å². The molecule has 1 amide bonds. The van der Waals surface area contributed by atoms with Gasteiger partial charge in [0.05, 0.1) is 6.04 Å². The minimum atomic E-state index is -4.53. The summed E-state index contributed by atoms with van der Waals surface area (Å²) >= 11 is 5.15. The van der Waals surface area contributed by atoms with Crippen LogP contribution < -0.4 is 21.5 Å². The summed E-state index contributed by atoms with van der Waals surface area (Å²) in [4.78, 5) is 12.6. The maximum atomic E-state index is 13.9. The molecule has 4 rings (SSSR count). The van der Waals surface area contributed by atoms with Crippen molar-refractivity contribution in [2.45, 2.75) is 51.0 Å². The van der Waals surface area contributed by atoms with Crippen molar-refractivity contribution in [3.05, 3.63) is 83.0 Å². The quantitative estimate of drug-likeness (QED) is 0.283. The molecule has 0 radical (unpaired) electrons. The number of hydrogen-bond acceptors (Lipinski definition) is 4. The third-order valence-corrected chi connectivity index (χ3v) is 6.26. The zero-order chi connectivity index (χ0) is 25.9. The second kappa shape index (κ2) is 10.6. The summed E-state index contributed by atoms with van der Waals surface area (Å²) in [7, 11) is 0. The van der Waals surface area contributed by atoms with Crippen molar-refractivity contribution in [3.8, 4) is 0 Å². The molecule has 3 aromatic rings. The Bertz CT molecular complexity index is 1210. The molecule has 190 valence electrons. The number of fused-ring (bicyclic) bond motifs is 1. The van der Waals surface area contributed by atoms with E-state index in [1.807, 2.05) is 54.6 Å². The van der Waals surface area contributed by atoms with Crippen LogP contribution in [0.1, 0.15) is 65.4 Å². The average molecular weight is 517 g/mol. The van der Waals surface area contributed by atoms with Crippen molar-refractivity contribution in [3.63, 3.8) is 0 Å². The summed E-state index contributed by atoms with van der Waals surface area (Å²) < 4.78 is 42.7. The van der Waals surface area contributed by atoms with Gasteiger partial charge in [-0.25, -0.2) is 4.68 Å². The molecule has 2 heterocycles.